The number of nitrogens with zero attached hydrogens (tertiary/aromatic N) is 6. The fourth-order valence-corrected chi connectivity index (χ4v) is 4.99. The van der Waals surface area contributed by atoms with Crippen molar-refractivity contribution >= 4 is 16.6 Å². The van der Waals surface area contributed by atoms with Crippen LogP contribution >= 0.6 is 0 Å². The minimum atomic E-state index is -0.459. The lowest BCUT2D eigenvalue weighted by molar-refractivity contribution is -0.0207. The van der Waals surface area contributed by atoms with Crippen LogP contribution in [-0.2, 0) is 16.0 Å². The first-order valence-electron chi connectivity index (χ1n) is 11.9. The number of benzene rings is 1. The average molecular weight is 483 g/mol. The van der Waals surface area contributed by atoms with Crippen LogP contribution in [0.25, 0.3) is 28.1 Å². The Hall–Kier alpha value is -3.15. The van der Waals surface area contributed by atoms with Crippen LogP contribution < -0.4 is 5.56 Å². The fourth-order valence-electron chi connectivity index (χ4n) is 4.99. The molecule has 0 radical (unpaired) electrons. The van der Waals surface area contributed by atoms with E-state index in [1.165, 1.54) is 17.0 Å². The highest BCUT2D eigenvalue weighted by Crippen LogP contribution is 2.38. The lowest BCUT2D eigenvalue weighted by Crippen LogP contribution is -2.39. The summed E-state index contributed by atoms with van der Waals surface area (Å²) in [7, 11) is 0. The van der Waals surface area contributed by atoms with Gasteiger partial charge >= 0.3 is 0 Å². The Morgan fingerprint density at radius 3 is 2.77 bits per heavy atom. The molecule has 35 heavy (non-hydrogen) atoms. The van der Waals surface area contributed by atoms with E-state index < -0.39 is 5.82 Å². The van der Waals surface area contributed by atoms with Crippen LogP contribution in [0.1, 0.15) is 38.6 Å². The van der Waals surface area contributed by atoms with Crippen LogP contribution in [0.3, 0.4) is 0 Å². The summed E-state index contributed by atoms with van der Waals surface area (Å²) < 4.78 is 35.1. The van der Waals surface area contributed by atoms with Crippen LogP contribution in [0.5, 0.6) is 0 Å². The largest absolute Gasteiger partial charge is 0.379 e. The highest BCUT2D eigenvalue weighted by molar-refractivity contribution is 5.83. The Kier molecular flexibility index (Phi) is 5.42. The van der Waals surface area contributed by atoms with E-state index in [1.54, 1.807) is 16.5 Å². The van der Waals surface area contributed by atoms with Gasteiger partial charge in [-0.25, -0.2) is 9.37 Å². The Morgan fingerprint density at radius 1 is 1.17 bits per heavy atom. The molecule has 0 N–H and O–H groups in total. The highest BCUT2D eigenvalue weighted by Gasteiger charge is 2.35. The first kappa shape index (κ1) is 22.3. The molecule has 1 atom stereocenters. The van der Waals surface area contributed by atoms with E-state index in [-0.39, 0.29) is 39.9 Å². The lowest BCUT2D eigenvalue weighted by atomic mass is 10.1. The van der Waals surface area contributed by atoms with Gasteiger partial charge in [-0.05, 0) is 38.8 Å². The van der Waals surface area contributed by atoms with Gasteiger partial charge in [0, 0.05) is 26.2 Å². The van der Waals surface area contributed by atoms with Gasteiger partial charge in [0.15, 0.2) is 5.69 Å². The van der Waals surface area contributed by atoms with Gasteiger partial charge in [0.2, 0.25) is 5.82 Å². The molecule has 10 nitrogen and oxygen atoms in total. The topological polar surface area (TPSA) is 99.9 Å². The smallest absolute Gasteiger partial charge is 0.279 e. The van der Waals surface area contributed by atoms with Crippen molar-refractivity contribution in [2.24, 2.45) is 0 Å². The second kappa shape index (κ2) is 8.51. The number of hydrogen-bond donors (Lipinski definition) is 0. The Bertz CT molecular complexity index is 1450. The maximum Gasteiger partial charge on any atom is 0.279 e. The van der Waals surface area contributed by atoms with Crippen molar-refractivity contribution < 1.29 is 18.4 Å². The summed E-state index contributed by atoms with van der Waals surface area (Å²) >= 11 is 0. The summed E-state index contributed by atoms with van der Waals surface area (Å²) in [5, 5.41) is 4.10. The molecule has 1 unspecified atom stereocenters. The zero-order valence-electron chi connectivity index (χ0n) is 19.7. The number of rotatable bonds is 5. The van der Waals surface area contributed by atoms with E-state index >= 15 is 4.39 Å². The van der Waals surface area contributed by atoms with E-state index in [2.05, 4.69) is 20.0 Å². The normalized spacial score (nSPS) is 20.8. The Morgan fingerprint density at radius 2 is 2.00 bits per heavy atom. The molecule has 5 heterocycles. The van der Waals surface area contributed by atoms with Gasteiger partial charge < -0.3 is 18.6 Å². The molecule has 6 rings (SSSR count). The maximum absolute atomic E-state index is 15.0. The van der Waals surface area contributed by atoms with Crippen LogP contribution in [0, 0.1) is 5.82 Å². The molecule has 184 valence electrons. The third-order valence-corrected chi connectivity index (χ3v) is 6.86. The van der Waals surface area contributed by atoms with E-state index in [1.807, 2.05) is 13.8 Å². The van der Waals surface area contributed by atoms with Gasteiger partial charge in [0.05, 0.1) is 24.3 Å². The molecule has 1 aromatic carbocycles. The van der Waals surface area contributed by atoms with Crippen molar-refractivity contribution in [1.82, 2.24) is 29.0 Å². The van der Waals surface area contributed by atoms with E-state index in [0.717, 1.165) is 25.9 Å². The molecular formula is C24H27FN6O4. The number of morpholine rings is 1. The first-order chi connectivity index (χ1) is 16.9. The second-order valence-electron chi connectivity index (χ2n) is 9.69. The minimum absolute atomic E-state index is 0.142. The van der Waals surface area contributed by atoms with Crippen molar-refractivity contribution in [3.8, 4) is 11.6 Å². The SMILES string of the molecule is CC1(C)CCC(c2noc(-c3ncn4c3c(=O)n(CCN3CCOCC3)c3c(F)cccc34)n2)O1. The van der Waals surface area contributed by atoms with Crippen molar-refractivity contribution in [1.29, 1.82) is 0 Å². The zero-order chi connectivity index (χ0) is 24.2. The monoisotopic (exact) mass is 482 g/mol. The molecule has 0 saturated carbocycles. The zero-order valence-corrected chi connectivity index (χ0v) is 19.7. The predicted octanol–water partition coefficient (Wildman–Crippen LogP) is 2.80. The molecule has 0 aliphatic carbocycles. The van der Waals surface area contributed by atoms with Crippen molar-refractivity contribution in [3.05, 3.63) is 46.5 Å². The molecule has 0 spiro atoms. The van der Waals surface area contributed by atoms with Crippen molar-refractivity contribution in [2.45, 2.75) is 44.9 Å². The number of fused-ring (bicyclic) bond motifs is 3. The van der Waals surface area contributed by atoms with Crippen LogP contribution in [0.15, 0.2) is 33.8 Å². The molecule has 3 aromatic heterocycles. The molecule has 0 amide bonds. The lowest BCUT2D eigenvalue weighted by Gasteiger charge is -2.27. The average Bonchev–Trinajstić information content (AvgIpc) is 3.58. The Labute approximate surface area is 200 Å². The molecule has 0 bridgehead atoms. The fraction of sp³-hybridized carbons (Fsp3) is 0.500. The standard InChI is InChI=1S/C24H27FN6O4/c1-24(2)7-6-17(34-24)21-27-22(35-28-21)18-20-23(32)30(9-8-29-10-12-33-13-11-29)19-15(25)4-3-5-16(19)31(20)14-26-18/h3-5,14,17H,6-13H2,1-2H3. The summed E-state index contributed by atoms with van der Waals surface area (Å²) in [4.78, 5) is 24.9. The number of ether oxygens (including phenoxy) is 2. The minimum Gasteiger partial charge on any atom is -0.379 e. The van der Waals surface area contributed by atoms with Crippen LogP contribution in [-0.4, -0.2) is 67.4 Å². The van der Waals surface area contributed by atoms with Gasteiger partial charge in [0.25, 0.3) is 11.4 Å². The van der Waals surface area contributed by atoms with E-state index in [4.69, 9.17) is 14.0 Å². The third-order valence-electron chi connectivity index (χ3n) is 6.86. The van der Waals surface area contributed by atoms with Crippen LogP contribution in [0.4, 0.5) is 4.39 Å². The molecule has 2 aliphatic heterocycles. The van der Waals surface area contributed by atoms with Crippen LogP contribution in [0.2, 0.25) is 0 Å². The number of halogens is 1. The predicted molar refractivity (Wildman–Crippen MR) is 125 cm³/mol. The van der Waals surface area contributed by atoms with Gasteiger partial charge in [-0.15, -0.1) is 0 Å². The highest BCUT2D eigenvalue weighted by atomic mass is 19.1. The molecular weight excluding hydrogens is 455 g/mol. The van der Waals surface area contributed by atoms with Crippen molar-refractivity contribution in [3.63, 3.8) is 0 Å². The van der Waals surface area contributed by atoms with E-state index in [0.29, 0.717) is 37.6 Å². The van der Waals surface area contributed by atoms with Crippen molar-refractivity contribution in [2.75, 3.05) is 32.8 Å². The van der Waals surface area contributed by atoms with Gasteiger partial charge in [-0.2, -0.15) is 4.98 Å². The maximum atomic E-state index is 15.0. The number of imidazole rings is 1. The van der Waals surface area contributed by atoms with Gasteiger partial charge in [-0.1, -0.05) is 11.2 Å². The Balaban J connectivity index is 1.44. The summed E-state index contributed by atoms with van der Waals surface area (Å²) in [6.45, 7) is 7.85. The quantitative estimate of drug-likeness (QED) is 0.428. The molecule has 2 saturated heterocycles. The first-order valence-corrected chi connectivity index (χ1v) is 11.9. The molecule has 2 fully saturated rings. The summed E-state index contributed by atoms with van der Waals surface area (Å²) in [6.07, 6.45) is 2.91. The molecule has 2 aliphatic rings. The molecule has 11 heteroatoms. The van der Waals surface area contributed by atoms with Gasteiger partial charge in [-0.3, -0.25) is 14.1 Å². The number of hydrogen-bond acceptors (Lipinski definition) is 8. The number of para-hydroxylation sites is 1. The summed E-state index contributed by atoms with van der Waals surface area (Å²) in [5.74, 6) is 0.120. The third kappa shape index (κ3) is 3.93. The summed E-state index contributed by atoms with van der Waals surface area (Å²) in [5.41, 5.74) is 0.728. The number of aromatic nitrogens is 5. The molecule has 4 aromatic rings. The second-order valence-corrected chi connectivity index (χ2v) is 9.69. The summed E-state index contributed by atoms with van der Waals surface area (Å²) in [6, 6.07) is 4.76. The van der Waals surface area contributed by atoms with Gasteiger partial charge in [0.1, 0.15) is 29.3 Å². The van der Waals surface area contributed by atoms with E-state index in [9.17, 15) is 4.79 Å².